The fraction of sp³-hybridized carbons (Fsp3) is 0.462. The lowest BCUT2D eigenvalue weighted by atomic mass is 10.1. The van der Waals surface area contributed by atoms with Crippen LogP contribution in [0.2, 0.25) is 0 Å². The first kappa shape index (κ1) is 24.1. The van der Waals surface area contributed by atoms with E-state index in [4.69, 9.17) is 19.4 Å². The topological polar surface area (TPSA) is 99.7 Å². The number of H-pyrrole nitrogens is 1. The highest BCUT2D eigenvalue weighted by Gasteiger charge is 2.25. The Morgan fingerprint density at radius 2 is 2.00 bits per heavy atom. The SMILES string of the molecule is CN(C)C(=O)OC1CCN(Cc2cc3nc(-c4cccc5[nH]ncc45)nc(N4CCOCC4)c3s2)CC1. The van der Waals surface area contributed by atoms with Crippen LogP contribution in [0.15, 0.2) is 30.5 Å². The normalized spacial score (nSPS) is 17.5. The van der Waals surface area contributed by atoms with Crippen LogP contribution in [0.3, 0.4) is 0 Å². The highest BCUT2D eigenvalue weighted by Crippen LogP contribution is 2.36. The van der Waals surface area contributed by atoms with Crippen LogP contribution in [-0.2, 0) is 16.0 Å². The number of nitrogens with zero attached hydrogens (tertiary/aromatic N) is 6. The number of aromatic amines is 1. The molecule has 2 aliphatic heterocycles. The van der Waals surface area contributed by atoms with Crippen LogP contribution >= 0.6 is 11.3 Å². The van der Waals surface area contributed by atoms with Crippen molar-refractivity contribution < 1.29 is 14.3 Å². The lowest BCUT2D eigenvalue weighted by molar-refractivity contribution is 0.0346. The first-order chi connectivity index (χ1) is 18.0. The Balaban J connectivity index is 1.28. The van der Waals surface area contributed by atoms with Crippen molar-refractivity contribution in [2.24, 2.45) is 0 Å². The summed E-state index contributed by atoms with van der Waals surface area (Å²) in [6.45, 7) is 5.67. The van der Waals surface area contributed by atoms with Crippen LogP contribution in [0.1, 0.15) is 17.7 Å². The quantitative estimate of drug-likeness (QED) is 0.424. The summed E-state index contributed by atoms with van der Waals surface area (Å²) in [7, 11) is 3.43. The zero-order valence-corrected chi connectivity index (χ0v) is 22.0. The average Bonchev–Trinajstić information content (AvgIpc) is 3.56. The molecule has 11 heteroatoms. The Bertz CT molecular complexity index is 1400. The molecule has 1 amide bonds. The van der Waals surface area contributed by atoms with E-state index in [1.54, 1.807) is 25.4 Å². The van der Waals surface area contributed by atoms with Crippen LogP contribution in [0.5, 0.6) is 0 Å². The van der Waals surface area contributed by atoms with Crippen LogP contribution in [0.25, 0.3) is 32.5 Å². The number of amides is 1. The molecule has 1 N–H and O–H groups in total. The molecule has 4 aromatic rings. The van der Waals surface area contributed by atoms with Crippen molar-refractivity contribution in [3.05, 3.63) is 35.3 Å². The van der Waals surface area contributed by atoms with Crippen molar-refractivity contribution in [2.45, 2.75) is 25.5 Å². The van der Waals surface area contributed by atoms with Gasteiger partial charge < -0.3 is 19.3 Å². The van der Waals surface area contributed by atoms with E-state index in [0.717, 1.165) is 78.1 Å². The lowest BCUT2D eigenvalue weighted by Gasteiger charge is -2.31. The molecular formula is C26H31N7O3S. The zero-order chi connectivity index (χ0) is 25.4. The summed E-state index contributed by atoms with van der Waals surface area (Å²) < 4.78 is 12.3. The second-order valence-corrected chi connectivity index (χ2v) is 10.9. The number of hydrogen-bond donors (Lipinski definition) is 1. The summed E-state index contributed by atoms with van der Waals surface area (Å²) in [5.41, 5.74) is 2.92. The fourth-order valence-corrected chi connectivity index (χ4v) is 6.12. The summed E-state index contributed by atoms with van der Waals surface area (Å²) in [6.07, 6.45) is 3.26. The Morgan fingerprint density at radius 3 is 2.78 bits per heavy atom. The molecule has 5 heterocycles. The number of fused-ring (bicyclic) bond motifs is 2. The number of nitrogens with one attached hydrogen (secondary N) is 1. The molecular weight excluding hydrogens is 490 g/mol. The van der Waals surface area contributed by atoms with Gasteiger partial charge in [0.25, 0.3) is 0 Å². The van der Waals surface area contributed by atoms with Gasteiger partial charge in [-0.2, -0.15) is 5.10 Å². The number of thiophene rings is 1. The minimum atomic E-state index is -0.265. The molecule has 1 aromatic carbocycles. The number of piperidine rings is 1. The molecule has 2 fully saturated rings. The van der Waals surface area contributed by atoms with Crippen molar-refractivity contribution in [3.63, 3.8) is 0 Å². The third-order valence-corrected chi connectivity index (χ3v) is 8.09. The van der Waals surface area contributed by atoms with E-state index in [1.807, 2.05) is 18.3 Å². The number of morpholine rings is 1. The molecule has 0 atom stereocenters. The van der Waals surface area contributed by atoms with Gasteiger partial charge in [0.1, 0.15) is 6.10 Å². The molecule has 0 saturated carbocycles. The number of anilines is 1. The number of ether oxygens (including phenoxy) is 2. The van der Waals surface area contributed by atoms with Crippen LogP contribution < -0.4 is 4.90 Å². The van der Waals surface area contributed by atoms with E-state index in [-0.39, 0.29) is 12.2 Å². The highest BCUT2D eigenvalue weighted by molar-refractivity contribution is 7.19. The standard InChI is InChI=1S/C26H31N7O3S/c1-31(2)26(34)36-17-6-8-32(9-7-17)16-18-14-22-23(37-18)25(33-10-12-35-13-11-33)29-24(28-22)19-4-3-5-21-20(19)15-27-30-21/h3-5,14-15,17H,6-13,16H2,1-2H3,(H,27,30). The van der Waals surface area contributed by atoms with Gasteiger partial charge in [-0.05, 0) is 25.0 Å². The summed E-state index contributed by atoms with van der Waals surface area (Å²) in [4.78, 5) is 29.5. The minimum Gasteiger partial charge on any atom is -0.446 e. The lowest BCUT2D eigenvalue weighted by Crippen LogP contribution is -2.38. The largest absolute Gasteiger partial charge is 0.446 e. The molecule has 0 spiro atoms. The van der Waals surface area contributed by atoms with Gasteiger partial charge in [-0.25, -0.2) is 14.8 Å². The average molecular weight is 522 g/mol. The minimum absolute atomic E-state index is 0.0134. The van der Waals surface area contributed by atoms with E-state index in [2.05, 4.69) is 32.1 Å². The van der Waals surface area contributed by atoms with Crippen LogP contribution in [-0.4, -0.2) is 95.7 Å². The predicted molar refractivity (Wildman–Crippen MR) is 144 cm³/mol. The van der Waals surface area contributed by atoms with Crippen LogP contribution in [0, 0.1) is 0 Å². The second-order valence-electron chi connectivity index (χ2n) is 9.79. The molecule has 0 aliphatic carbocycles. The fourth-order valence-electron chi connectivity index (χ4n) is 4.97. The van der Waals surface area contributed by atoms with Gasteiger partial charge in [0.15, 0.2) is 11.6 Å². The van der Waals surface area contributed by atoms with Gasteiger partial charge in [-0.15, -0.1) is 11.3 Å². The van der Waals surface area contributed by atoms with Gasteiger partial charge in [0.05, 0.1) is 35.1 Å². The molecule has 0 bridgehead atoms. The third-order valence-electron chi connectivity index (χ3n) is 6.99. The number of aromatic nitrogens is 4. The van der Waals surface area contributed by atoms with Crippen molar-refractivity contribution in [1.82, 2.24) is 30.0 Å². The Kier molecular flexibility index (Phi) is 6.66. The molecule has 2 saturated heterocycles. The molecule has 3 aromatic heterocycles. The van der Waals surface area contributed by atoms with E-state index in [0.29, 0.717) is 19.0 Å². The van der Waals surface area contributed by atoms with Crippen molar-refractivity contribution in [1.29, 1.82) is 0 Å². The smallest absolute Gasteiger partial charge is 0.409 e. The maximum Gasteiger partial charge on any atom is 0.409 e. The van der Waals surface area contributed by atoms with Gasteiger partial charge in [-0.1, -0.05) is 12.1 Å². The van der Waals surface area contributed by atoms with Crippen molar-refractivity contribution in [3.8, 4) is 11.4 Å². The Morgan fingerprint density at radius 1 is 1.19 bits per heavy atom. The van der Waals surface area contributed by atoms with Gasteiger partial charge >= 0.3 is 6.09 Å². The van der Waals surface area contributed by atoms with E-state index in [9.17, 15) is 4.79 Å². The predicted octanol–water partition coefficient (Wildman–Crippen LogP) is 3.73. The Hall–Kier alpha value is -3.28. The molecule has 194 valence electrons. The molecule has 37 heavy (non-hydrogen) atoms. The van der Waals surface area contributed by atoms with E-state index in [1.165, 1.54) is 9.78 Å². The van der Waals surface area contributed by atoms with Crippen LogP contribution in [0.4, 0.5) is 10.6 Å². The molecule has 2 aliphatic rings. The van der Waals surface area contributed by atoms with Crippen molar-refractivity contribution >= 4 is 44.4 Å². The molecule has 6 rings (SSSR count). The maximum atomic E-state index is 11.9. The highest BCUT2D eigenvalue weighted by atomic mass is 32.1. The molecule has 0 unspecified atom stereocenters. The van der Waals surface area contributed by atoms with Gasteiger partial charge in [-0.3, -0.25) is 10.00 Å². The monoisotopic (exact) mass is 521 g/mol. The number of carbonyl (C=O) groups is 1. The molecule has 10 nitrogen and oxygen atoms in total. The summed E-state index contributed by atoms with van der Waals surface area (Å²) >= 11 is 1.78. The zero-order valence-electron chi connectivity index (χ0n) is 21.1. The van der Waals surface area contributed by atoms with Gasteiger partial charge in [0, 0.05) is 62.6 Å². The third kappa shape index (κ3) is 4.98. The number of likely N-dealkylation sites (tertiary alicyclic amines) is 1. The maximum absolute atomic E-state index is 11.9. The van der Waals surface area contributed by atoms with E-state index >= 15 is 0 Å². The second kappa shape index (κ2) is 10.2. The van der Waals surface area contributed by atoms with Crippen molar-refractivity contribution in [2.75, 3.05) is 58.4 Å². The number of rotatable bonds is 5. The summed E-state index contributed by atoms with van der Waals surface area (Å²) in [6, 6.07) is 8.29. The Labute approximate surface area is 219 Å². The first-order valence-electron chi connectivity index (χ1n) is 12.7. The van der Waals surface area contributed by atoms with E-state index < -0.39 is 0 Å². The number of carbonyl (C=O) groups excluding carboxylic acids is 1. The number of benzene rings is 1. The summed E-state index contributed by atoms with van der Waals surface area (Å²) in [5, 5.41) is 8.28. The van der Waals surface area contributed by atoms with Gasteiger partial charge in [0.2, 0.25) is 0 Å². The first-order valence-corrected chi connectivity index (χ1v) is 13.5. The molecule has 0 radical (unpaired) electrons. The summed E-state index contributed by atoms with van der Waals surface area (Å²) in [5.74, 6) is 1.70. The number of hydrogen-bond acceptors (Lipinski definition) is 9.